The molecule has 0 N–H and O–H groups in total. The molecular weight excluding hydrogens is 462 g/mol. The number of aromatic nitrogens is 1. The Morgan fingerprint density at radius 2 is 1.73 bits per heavy atom. The number of hydrogen-bond acceptors (Lipinski definition) is 5. The minimum Gasteiger partial charge on any atom is -0.469 e. The molecule has 1 aromatic heterocycles. The van der Waals surface area contributed by atoms with Crippen LogP contribution in [0.4, 0.5) is 0 Å². The lowest BCUT2D eigenvalue weighted by molar-refractivity contribution is -0.175. The summed E-state index contributed by atoms with van der Waals surface area (Å²) in [5, 5.41) is 4.19. The molecule has 5 aliphatic carbocycles. The van der Waals surface area contributed by atoms with Crippen LogP contribution in [0.2, 0.25) is 0 Å². The molecule has 5 aliphatic rings. The van der Waals surface area contributed by atoms with E-state index < -0.39 is 5.41 Å². The van der Waals surface area contributed by atoms with Crippen LogP contribution >= 0.6 is 0 Å². The van der Waals surface area contributed by atoms with Crippen LogP contribution in [-0.2, 0) is 26.2 Å². The molecule has 5 nitrogen and oxygen atoms in total. The molecule has 0 saturated heterocycles. The van der Waals surface area contributed by atoms with Crippen molar-refractivity contribution in [2.24, 2.45) is 44.8 Å². The summed E-state index contributed by atoms with van der Waals surface area (Å²) >= 11 is 0. The van der Waals surface area contributed by atoms with Gasteiger partial charge < -0.3 is 9.26 Å². The number of ketones is 1. The van der Waals surface area contributed by atoms with E-state index in [-0.39, 0.29) is 44.9 Å². The Hall–Kier alpha value is -1.91. The van der Waals surface area contributed by atoms with Crippen LogP contribution < -0.4 is 0 Å². The van der Waals surface area contributed by atoms with Crippen LogP contribution in [0.5, 0.6) is 0 Å². The van der Waals surface area contributed by atoms with Gasteiger partial charge in [-0.1, -0.05) is 52.3 Å². The molecule has 1 aromatic rings. The normalized spacial score (nSPS) is 47.9. The number of esters is 1. The quantitative estimate of drug-likeness (QED) is 0.389. The predicted octanol–water partition coefficient (Wildman–Crippen LogP) is 6.84. The summed E-state index contributed by atoms with van der Waals surface area (Å²) in [5.41, 5.74) is 1.68. The maximum Gasteiger partial charge on any atom is 0.311 e. The van der Waals surface area contributed by atoms with Crippen molar-refractivity contribution in [3.8, 4) is 0 Å². The molecule has 0 spiro atoms. The second-order valence-corrected chi connectivity index (χ2v) is 15.3. The zero-order chi connectivity index (χ0) is 26.8. The Balaban J connectivity index is 1.47. The number of ether oxygens (including phenoxy) is 1. The molecule has 8 atom stereocenters. The average molecular weight is 508 g/mol. The molecule has 0 aliphatic heterocycles. The summed E-state index contributed by atoms with van der Waals surface area (Å²) in [6.07, 6.45) is 11.9. The summed E-state index contributed by atoms with van der Waals surface area (Å²) in [7, 11) is 1.51. The first-order valence-corrected chi connectivity index (χ1v) is 14.4. The number of fused-ring (bicyclic) bond motifs is 8. The number of carbonyl (C=O) groups is 2. The molecule has 0 radical (unpaired) electrons. The molecule has 6 rings (SSSR count). The fraction of sp³-hybridized carbons (Fsp3) is 0.781. The number of allylic oxidation sites excluding steroid dienone is 2. The van der Waals surface area contributed by atoms with Gasteiger partial charge in [-0.3, -0.25) is 9.59 Å². The van der Waals surface area contributed by atoms with Gasteiger partial charge in [0, 0.05) is 16.9 Å². The molecule has 0 unspecified atom stereocenters. The first-order valence-electron chi connectivity index (χ1n) is 14.4. The first kappa shape index (κ1) is 25.4. The van der Waals surface area contributed by atoms with E-state index in [1.807, 2.05) is 6.20 Å². The van der Waals surface area contributed by atoms with Crippen molar-refractivity contribution in [1.82, 2.24) is 5.16 Å². The molecular formula is C32H45NO4. The van der Waals surface area contributed by atoms with Crippen molar-refractivity contribution in [2.45, 2.75) is 105 Å². The van der Waals surface area contributed by atoms with Gasteiger partial charge in [0.15, 0.2) is 5.78 Å². The van der Waals surface area contributed by atoms with Gasteiger partial charge in [0.25, 0.3) is 0 Å². The maximum atomic E-state index is 14.5. The van der Waals surface area contributed by atoms with E-state index in [1.54, 1.807) is 0 Å². The highest BCUT2D eigenvalue weighted by Crippen LogP contribution is 2.74. The zero-order valence-corrected chi connectivity index (χ0v) is 24.1. The Kier molecular flexibility index (Phi) is 5.06. The van der Waals surface area contributed by atoms with Gasteiger partial charge in [-0.15, -0.1) is 0 Å². The maximum absolute atomic E-state index is 14.5. The van der Waals surface area contributed by atoms with Crippen LogP contribution in [0.1, 0.15) is 105 Å². The van der Waals surface area contributed by atoms with E-state index in [1.165, 1.54) is 18.2 Å². The highest BCUT2D eigenvalue weighted by molar-refractivity contribution is 5.96. The standard InChI is InChI=1S/C32H45NO4/c1-27(2)23-9-10-32(7)24(30(23,5)16-19-18-33-37-25(19)27)22(34)15-20-21-17-29(4,26(35)36-8)12-11-28(21,3)13-14-31(20,32)6/h15,18,21,23-24H,9-14,16-17H2,1-8H3/t21-,23-,24+,28-,29+,30+,31-,32-/m1/s1. The second-order valence-electron chi connectivity index (χ2n) is 15.3. The third kappa shape index (κ3) is 2.95. The van der Waals surface area contributed by atoms with Crippen molar-refractivity contribution in [3.63, 3.8) is 0 Å². The lowest BCUT2D eigenvalue weighted by Crippen LogP contribution is -2.66. The van der Waals surface area contributed by atoms with Crippen LogP contribution in [0.25, 0.3) is 0 Å². The van der Waals surface area contributed by atoms with Crippen LogP contribution in [0, 0.1) is 44.8 Å². The van der Waals surface area contributed by atoms with E-state index in [0.717, 1.165) is 57.1 Å². The smallest absolute Gasteiger partial charge is 0.311 e. The van der Waals surface area contributed by atoms with E-state index >= 15 is 0 Å². The SMILES string of the molecule is COC(=O)[C@@]1(C)CC[C@]2(C)CC[C@]3(C)C(=CC(=O)[C@H]4[C@@]5(C)Cc6cnoc6C(C)(C)[C@H]5CC[C@]43C)[C@H]2C1. The van der Waals surface area contributed by atoms with Gasteiger partial charge in [-0.25, -0.2) is 0 Å². The summed E-state index contributed by atoms with van der Waals surface area (Å²) in [6, 6.07) is 0. The Morgan fingerprint density at radius 3 is 2.43 bits per heavy atom. The number of methoxy groups -OCH3 is 1. The van der Waals surface area contributed by atoms with E-state index in [9.17, 15) is 9.59 Å². The van der Waals surface area contributed by atoms with E-state index in [2.05, 4.69) is 59.7 Å². The first-order chi connectivity index (χ1) is 17.2. The lowest BCUT2D eigenvalue weighted by Gasteiger charge is -2.69. The topological polar surface area (TPSA) is 69.4 Å². The summed E-state index contributed by atoms with van der Waals surface area (Å²) < 4.78 is 11.1. The Labute approximate surface area is 222 Å². The summed E-state index contributed by atoms with van der Waals surface area (Å²) in [5.74, 6) is 1.80. The van der Waals surface area contributed by atoms with E-state index in [4.69, 9.17) is 9.26 Å². The van der Waals surface area contributed by atoms with E-state index in [0.29, 0.717) is 11.7 Å². The number of nitrogens with zero attached hydrogens (tertiary/aromatic N) is 1. The molecule has 202 valence electrons. The molecule has 0 amide bonds. The van der Waals surface area contributed by atoms with Crippen molar-refractivity contribution in [3.05, 3.63) is 29.2 Å². The molecule has 37 heavy (non-hydrogen) atoms. The Bertz CT molecular complexity index is 1210. The minimum absolute atomic E-state index is 0.0326. The third-order valence-corrected chi connectivity index (χ3v) is 13.2. The van der Waals surface area contributed by atoms with Gasteiger partial charge in [0.05, 0.1) is 18.7 Å². The highest BCUT2D eigenvalue weighted by Gasteiger charge is 2.70. The van der Waals surface area contributed by atoms with Gasteiger partial charge in [-0.05, 0) is 97.9 Å². The minimum atomic E-state index is -0.486. The number of carbonyl (C=O) groups excluding carboxylic acids is 2. The number of rotatable bonds is 1. The number of hydrogen-bond donors (Lipinski definition) is 0. The molecule has 3 fully saturated rings. The monoisotopic (exact) mass is 507 g/mol. The lowest BCUT2D eigenvalue weighted by atomic mass is 9.33. The molecule has 5 heteroatoms. The van der Waals surface area contributed by atoms with Crippen LogP contribution in [-0.4, -0.2) is 24.0 Å². The van der Waals surface area contributed by atoms with Gasteiger partial charge in [0.2, 0.25) is 0 Å². The second kappa shape index (κ2) is 7.39. The largest absolute Gasteiger partial charge is 0.469 e. The average Bonchev–Trinajstić information content (AvgIpc) is 3.29. The van der Waals surface area contributed by atoms with Gasteiger partial charge in [0.1, 0.15) is 5.76 Å². The van der Waals surface area contributed by atoms with Crippen molar-refractivity contribution >= 4 is 11.8 Å². The molecule has 1 heterocycles. The molecule has 0 bridgehead atoms. The third-order valence-electron chi connectivity index (χ3n) is 13.2. The summed E-state index contributed by atoms with van der Waals surface area (Å²) in [4.78, 5) is 27.4. The Morgan fingerprint density at radius 1 is 1.03 bits per heavy atom. The fourth-order valence-corrected chi connectivity index (χ4v) is 10.9. The van der Waals surface area contributed by atoms with Crippen LogP contribution in [0.3, 0.4) is 0 Å². The van der Waals surface area contributed by atoms with Gasteiger partial charge in [-0.2, -0.15) is 0 Å². The van der Waals surface area contributed by atoms with Crippen molar-refractivity contribution in [2.75, 3.05) is 7.11 Å². The zero-order valence-electron chi connectivity index (χ0n) is 24.1. The fourth-order valence-electron chi connectivity index (χ4n) is 10.9. The predicted molar refractivity (Wildman–Crippen MR) is 142 cm³/mol. The molecule has 0 aromatic carbocycles. The molecule has 3 saturated carbocycles. The highest BCUT2D eigenvalue weighted by atomic mass is 16.5. The van der Waals surface area contributed by atoms with Crippen molar-refractivity contribution in [1.29, 1.82) is 0 Å². The van der Waals surface area contributed by atoms with Crippen LogP contribution in [0.15, 0.2) is 22.4 Å². The summed E-state index contributed by atoms with van der Waals surface area (Å²) in [6.45, 7) is 16.4. The van der Waals surface area contributed by atoms with Crippen molar-refractivity contribution < 1.29 is 18.8 Å². The van der Waals surface area contributed by atoms with Gasteiger partial charge >= 0.3 is 5.97 Å².